The number of hydrogen-bond acceptors (Lipinski definition) is 2. The Kier molecular flexibility index (Phi) is 2.53. The maximum Gasteiger partial charge on any atom is 0.166 e. The molecule has 1 aliphatic carbocycles. The van der Waals surface area contributed by atoms with Crippen LogP contribution in [0, 0.1) is 5.92 Å². The number of Topliss-reactive ketones (excluding diaryl/α,β-unsaturated/α-hetero) is 1. The second-order valence-electron chi connectivity index (χ2n) is 3.97. The van der Waals surface area contributed by atoms with Gasteiger partial charge >= 0.3 is 0 Å². The summed E-state index contributed by atoms with van der Waals surface area (Å²) in [6, 6.07) is 7.29. The maximum absolute atomic E-state index is 11.9. The van der Waals surface area contributed by atoms with Gasteiger partial charge in [-0.05, 0) is 25.0 Å². The van der Waals surface area contributed by atoms with Crippen LogP contribution in [0.25, 0.3) is 0 Å². The SMILES string of the molecule is Nc1cccc(C(=O)C2CCCC2)c1. The van der Waals surface area contributed by atoms with Gasteiger partial charge in [0.15, 0.2) is 5.78 Å². The minimum Gasteiger partial charge on any atom is -0.399 e. The highest BCUT2D eigenvalue weighted by atomic mass is 16.1. The average molecular weight is 189 g/mol. The largest absolute Gasteiger partial charge is 0.399 e. The first kappa shape index (κ1) is 9.25. The van der Waals surface area contributed by atoms with Crippen LogP contribution in [0.4, 0.5) is 5.69 Å². The van der Waals surface area contributed by atoms with Crippen molar-refractivity contribution >= 4 is 11.5 Å². The highest BCUT2D eigenvalue weighted by Gasteiger charge is 2.23. The number of ketones is 1. The summed E-state index contributed by atoms with van der Waals surface area (Å²) in [5.41, 5.74) is 7.09. The molecule has 0 atom stereocenters. The Morgan fingerprint density at radius 3 is 2.64 bits per heavy atom. The van der Waals surface area contributed by atoms with Crippen molar-refractivity contribution in [3.05, 3.63) is 29.8 Å². The smallest absolute Gasteiger partial charge is 0.166 e. The summed E-state index contributed by atoms with van der Waals surface area (Å²) < 4.78 is 0. The second kappa shape index (κ2) is 3.82. The Bertz CT molecular complexity index is 340. The Balaban J connectivity index is 2.17. The number of anilines is 1. The molecular formula is C12H15NO. The van der Waals surface area contributed by atoms with Crippen molar-refractivity contribution in [1.29, 1.82) is 0 Å². The van der Waals surface area contributed by atoms with Crippen LogP contribution in [0.5, 0.6) is 0 Å². The molecule has 2 heteroatoms. The van der Waals surface area contributed by atoms with E-state index in [-0.39, 0.29) is 11.7 Å². The molecule has 2 N–H and O–H groups in total. The highest BCUT2D eigenvalue weighted by Crippen LogP contribution is 2.28. The zero-order valence-electron chi connectivity index (χ0n) is 8.20. The first-order valence-corrected chi connectivity index (χ1v) is 5.17. The summed E-state index contributed by atoms with van der Waals surface area (Å²) in [7, 11) is 0. The molecule has 1 aromatic carbocycles. The van der Waals surface area contributed by atoms with Gasteiger partial charge < -0.3 is 5.73 Å². The summed E-state index contributed by atoms with van der Waals surface area (Å²) in [6.45, 7) is 0. The molecule has 0 unspecified atom stereocenters. The molecule has 0 amide bonds. The van der Waals surface area contributed by atoms with Gasteiger partial charge in [0.25, 0.3) is 0 Å². The van der Waals surface area contributed by atoms with Crippen LogP contribution in [0.2, 0.25) is 0 Å². The van der Waals surface area contributed by atoms with Crippen molar-refractivity contribution in [2.75, 3.05) is 5.73 Å². The zero-order valence-corrected chi connectivity index (χ0v) is 8.20. The lowest BCUT2D eigenvalue weighted by Gasteiger charge is -2.07. The highest BCUT2D eigenvalue weighted by molar-refractivity contribution is 5.98. The minimum atomic E-state index is 0.247. The van der Waals surface area contributed by atoms with Gasteiger partial charge in [-0.25, -0.2) is 0 Å². The van der Waals surface area contributed by atoms with E-state index in [9.17, 15) is 4.79 Å². The molecule has 0 spiro atoms. The monoisotopic (exact) mass is 189 g/mol. The summed E-state index contributed by atoms with van der Waals surface area (Å²) in [5, 5.41) is 0. The summed E-state index contributed by atoms with van der Waals surface area (Å²) in [6.07, 6.45) is 4.48. The molecule has 1 aromatic rings. The van der Waals surface area contributed by atoms with Crippen molar-refractivity contribution < 1.29 is 4.79 Å². The van der Waals surface area contributed by atoms with Crippen LogP contribution in [0.3, 0.4) is 0 Å². The van der Waals surface area contributed by atoms with E-state index in [0.717, 1.165) is 18.4 Å². The molecule has 0 aliphatic heterocycles. The lowest BCUT2D eigenvalue weighted by Crippen LogP contribution is -2.11. The van der Waals surface area contributed by atoms with E-state index in [4.69, 9.17) is 5.73 Å². The molecule has 0 bridgehead atoms. The molecule has 14 heavy (non-hydrogen) atoms. The quantitative estimate of drug-likeness (QED) is 0.574. The van der Waals surface area contributed by atoms with Gasteiger partial charge in [-0.3, -0.25) is 4.79 Å². The molecule has 2 nitrogen and oxygen atoms in total. The van der Waals surface area contributed by atoms with Gasteiger partial charge in [0.05, 0.1) is 0 Å². The molecular weight excluding hydrogens is 174 g/mol. The minimum absolute atomic E-state index is 0.247. The van der Waals surface area contributed by atoms with Gasteiger partial charge in [0.1, 0.15) is 0 Å². The van der Waals surface area contributed by atoms with Gasteiger partial charge in [0, 0.05) is 17.2 Å². The van der Waals surface area contributed by atoms with Gasteiger partial charge in [0.2, 0.25) is 0 Å². The third-order valence-corrected chi connectivity index (χ3v) is 2.90. The fraction of sp³-hybridized carbons (Fsp3) is 0.417. The molecule has 0 radical (unpaired) electrons. The fourth-order valence-corrected chi connectivity index (χ4v) is 2.12. The second-order valence-corrected chi connectivity index (χ2v) is 3.97. The third-order valence-electron chi connectivity index (χ3n) is 2.90. The van der Waals surface area contributed by atoms with Crippen molar-refractivity contribution in [2.45, 2.75) is 25.7 Å². The molecule has 0 aromatic heterocycles. The standard InChI is InChI=1S/C12H15NO/c13-11-7-3-6-10(8-11)12(14)9-4-1-2-5-9/h3,6-9H,1-2,4-5,13H2. The van der Waals surface area contributed by atoms with Crippen LogP contribution in [0.15, 0.2) is 24.3 Å². The van der Waals surface area contributed by atoms with Crippen molar-refractivity contribution in [3.8, 4) is 0 Å². The molecule has 2 rings (SSSR count). The molecule has 1 saturated carbocycles. The number of rotatable bonds is 2. The Morgan fingerprint density at radius 2 is 2.00 bits per heavy atom. The number of nitrogen functional groups attached to an aromatic ring is 1. The Labute approximate surface area is 84.1 Å². The van der Waals surface area contributed by atoms with Crippen molar-refractivity contribution in [2.24, 2.45) is 5.92 Å². The predicted molar refractivity (Wildman–Crippen MR) is 57.1 cm³/mol. The van der Waals surface area contributed by atoms with E-state index < -0.39 is 0 Å². The van der Waals surface area contributed by atoms with E-state index in [0.29, 0.717) is 5.69 Å². The van der Waals surface area contributed by atoms with Crippen LogP contribution in [-0.2, 0) is 0 Å². The van der Waals surface area contributed by atoms with E-state index >= 15 is 0 Å². The van der Waals surface area contributed by atoms with Gasteiger partial charge in [-0.2, -0.15) is 0 Å². The predicted octanol–water partition coefficient (Wildman–Crippen LogP) is 2.64. The van der Waals surface area contributed by atoms with E-state index in [1.165, 1.54) is 12.8 Å². The van der Waals surface area contributed by atoms with E-state index in [1.807, 2.05) is 18.2 Å². The normalized spacial score (nSPS) is 17.1. The Hall–Kier alpha value is -1.31. The summed E-state index contributed by atoms with van der Waals surface area (Å²) in [4.78, 5) is 11.9. The first-order chi connectivity index (χ1) is 6.77. The van der Waals surface area contributed by atoms with Crippen LogP contribution >= 0.6 is 0 Å². The lowest BCUT2D eigenvalue weighted by atomic mass is 9.96. The number of carbonyl (C=O) groups excluding carboxylic acids is 1. The van der Waals surface area contributed by atoms with Crippen LogP contribution in [0.1, 0.15) is 36.0 Å². The molecule has 0 heterocycles. The van der Waals surface area contributed by atoms with Gasteiger partial charge in [-0.15, -0.1) is 0 Å². The van der Waals surface area contributed by atoms with E-state index in [1.54, 1.807) is 6.07 Å². The molecule has 1 aliphatic rings. The summed E-state index contributed by atoms with van der Waals surface area (Å²) >= 11 is 0. The van der Waals surface area contributed by atoms with Gasteiger partial charge in [-0.1, -0.05) is 25.0 Å². The van der Waals surface area contributed by atoms with Crippen LogP contribution < -0.4 is 5.73 Å². The number of benzene rings is 1. The van der Waals surface area contributed by atoms with Crippen LogP contribution in [-0.4, -0.2) is 5.78 Å². The van der Waals surface area contributed by atoms with Crippen molar-refractivity contribution in [3.63, 3.8) is 0 Å². The van der Waals surface area contributed by atoms with Crippen molar-refractivity contribution in [1.82, 2.24) is 0 Å². The number of hydrogen-bond donors (Lipinski definition) is 1. The third kappa shape index (κ3) is 1.79. The molecule has 0 saturated heterocycles. The fourth-order valence-electron chi connectivity index (χ4n) is 2.12. The molecule has 74 valence electrons. The van der Waals surface area contributed by atoms with E-state index in [2.05, 4.69) is 0 Å². The maximum atomic E-state index is 11.9. The Morgan fingerprint density at radius 1 is 1.29 bits per heavy atom. The molecule has 1 fully saturated rings. The number of nitrogens with two attached hydrogens (primary N) is 1. The topological polar surface area (TPSA) is 43.1 Å². The summed E-state index contributed by atoms with van der Waals surface area (Å²) in [5.74, 6) is 0.520. The zero-order chi connectivity index (χ0) is 9.97. The first-order valence-electron chi connectivity index (χ1n) is 5.17. The lowest BCUT2D eigenvalue weighted by molar-refractivity contribution is 0.0923. The average Bonchev–Trinajstić information content (AvgIpc) is 2.69. The number of carbonyl (C=O) groups is 1.